The number of alkyl halides is 3. The van der Waals surface area contributed by atoms with Crippen molar-refractivity contribution in [2.75, 3.05) is 13.7 Å². The highest BCUT2D eigenvalue weighted by atomic mass is 35.5. The Morgan fingerprint density at radius 1 is 1.46 bits per heavy atom. The van der Waals surface area contributed by atoms with Crippen molar-refractivity contribution < 1.29 is 27.1 Å². The number of amides is 1. The van der Waals surface area contributed by atoms with Crippen LogP contribution in [0.5, 0.6) is 0 Å². The van der Waals surface area contributed by atoms with Crippen LogP contribution in [0.15, 0.2) is 35.1 Å². The first kappa shape index (κ1) is 23.4. The lowest BCUT2D eigenvalue weighted by atomic mass is 10.2. The summed E-state index contributed by atoms with van der Waals surface area (Å²) in [6.07, 6.45) is -4.57. The van der Waals surface area contributed by atoms with Crippen LogP contribution in [-0.4, -0.2) is 43.5 Å². The van der Waals surface area contributed by atoms with Gasteiger partial charge in [-0.15, -0.1) is 0 Å². The van der Waals surface area contributed by atoms with E-state index in [1.165, 1.54) is 13.2 Å². The van der Waals surface area contributed by atoms with Crippen molar-refractivity contribution in [3.8, 4) is 0 Å². The molecule has 1 aromatic carbocycles. The molecule has 154 valence electrons. The summed E-state index contributed by atoms with van der Waals surface area (Å²) < 4.78 is 55.8. The van der Waals surface area contributed by atoms with Crippen LogP contribution in [0.3, 0.4) is 0 Å². The number of rotatable bonds is 6. The number of benzene rings is 1. The number of carbonyl (C=O) groups is 1. The lowest BCUT2D eigenvalue weighted by molar-refractivity contribution is -0.0584. The van der Waals surface area contributed by atoms with Crippen LogP contribution >= 0.6 is 11.6 Å². The van der Waals surface area contributed by atoms with E-state index < -0.39 is 35.5 Å². The molecule has 28 heavy (non-hydrogen) atoms. The largest absolute Gasteiger partial charge is 0.432 e. The average Bonchev–Trinajstić information content (AvgIpc) is 2.56. The summed E-state index contributed by atoms with van der Waals surface area (Å²) in [7, 11) is 1.42. The third-order valence-electron chi connectivity index (χ3n) is 3.05. The maximum absolute atomic E-state index is 13.5. The maximum Gasteiger partial charge on any atom is 0.432 e. The topological polar surface area (TPSA) is 113 Å². The molecule has 1 amide bonds. The number of guanidine groups is 1. The Morgan fingerprint density at radius 2 is 2.11 bits per heavy atom. The Hall–Kier alpha value is -2.66. The van der Waals surface area contributed by atoms with Crippen LogP contribution < -0.4 is 16.4 Å². The molecule has 0 saturated heterocycles. The molecule has 0 aliphatic carbocycles. The summed E-state index contributed by atoms with van der Waals surface area (Å²) in [5.74, 6) is -2.65. The summed E-state index contributed by atoms with van der Waals surface area (Å²) in [6.45, 7) is 1.82. The van der Waals surface area contributed by atoms with Crippen molar-refractivity contribution in [3.05, 3.63) is 46.5 Å². The Morgan fingerprint density at radius 3 is 2.64 bits per heavy atom. The average molecular weight is 424 g/mol. The summed E-state index contributed by atoms with van der Waals surface area (Å²) in [4.78, 5) is 15.9. The summed E-state index contributed by atoms with van der Waals surface area (Å²) in [5.41, 5.74) is 3.60. The quantitative estimate of drug-likeness (QED) is 0.319. The van der Waals surface area contributed by atoms with Gasteiger partial charge in [0.2, 0.25) is 5.96 Å². The number of halogens is 5. The molecule has 0 spiro atoms. The minimum Gasteiger partial charge on any atom is -0.385 e. The van der Waals surface area contributed by atoms with Gasteiger partial charge in [0.05, 0.1) is 11.6 Å². The number of ether oxygens (including phenoxy) is 1. The zero-order chi connectivity index (χ0) is 21.5. The third kappa shape index (κ3) is 7.53. The molecule has 5 N–H and O–H groups in total. The molecule has 0 bridgehead atoms. The first-order chi connectivity index (χ1) is 12.9. The monoisotopic (exact) mass is 423 g/mol. The van der Waals surface area contributed by atoms with Crippen molar-refractivity contribution in [1.29, 1.82) is 5.41 Å². The fourth-order valence-corrected chi connectivity index (χ4v) is 1.94. The lowest BCUT2D eigenvalue weighted by Gasteiger charge is -2.17. The first-order valence-electron chi connectivity index (χ1n) is 7.67. The van der Waals surface area contributed by atoms with Crippen LogP contribution in [0.2, 0.25) is 5.02 Å². The Labute approximate surface area is 163 Å². The standard InChI is InChI=1S/C16H18ClF4N5O2/c1-8(7-28-2)24-15(25-13(23)6-12(22)16(19,20)21)26-14(27)9-3-4-10(17)11(18)5-9/h3-6,8,22H,7,23H2,1-2H3,(H2,24,25,26,27)/b13-6+,22-12?. The highest BCUT2D eigenvalue weighted by molar-refractivity contribution is 6.30. The molecular formula is C16H18ClF4N5O2. The number of carbonyl (C=O) groups excluding carboxylic acids is 1. The van der Waals surface area contributed by atoms with Crippen molar-refractivity contribution in [2.45, 2.75) is 19.1 Å². The molecule has 0 radical (unpaired) electrons. The van der Waals surface area contributed by atoms with Crippen molar-refractivity contribution in [1.82, 2.24) is 10.6 Å². The number of allylic oxidation sites excluding steroid dienone is 1. The number of aliphatic imine (C=N–C) groups is 1. The number of nitrogens with one attached hydrogen (secondary N) is 3. The molecule has 0 aliphatic rings. The number of hydrogen-bond donors (Lipinski definition) is 4. The summed E-state index contributed by atoms with van der Waals surface area (Å²) in [5, 5.41) is 11.7. The predicted molar refractivity (Wildman–Crippen MR) is 96.8 cm³/mol. The zero-order valence-corrected chi connectivity index (χ0v) is 15.6. The van der Waals surface area contributed by atoms with E-state index in [1.54, 1.807) is 6.92 Å². The van der Waals surface area contributed by atoms with Crippen LogP contribution in [0.1, 0.15) is 17.3 Å². The minimum absolute atomic E-state index is 0.145. The molecule has 0 aromatic heterocycles. The first-order valence-corrected chi connectivity index (χ1v) is 8.05. The lowest BCUT2D eigenvalue weighted by Crippen LogP contribution is -2.45. The molecule has 1 atom stereocenters. The Balaban J connectivity index is 3.11. The molecule has 1 unspecified atom stereocenters. The smallest absolute Gasteiger partial charge is 0.385 e. The van der Waals surface area contributed by atoms with Crippen LogP contribution in [0.25, 0.3) is 0 Å². The van der Waals surface area contributed by atoms with E-state index >= 15 is 0 Å². The van der Waals surface area contributed by atoms with E-state index in [-0.39, 0.29) is 23.2 Å². The zero-order valence-electron chi connectivity index (χ0n) is 14.8. The number of hydrogen-bond acceptors (Lipinski definition) is 4. The fraction of sp³-hybridized carbons (Fsp3) is 0.312. The maximum atomic E-state index is 13.5. The highest BCUT2D eigenvalue weighted by Gasteiger charge is 2.32. The second kappa shape index (κ2) is 10.0. The predicted octanol–water partition coefficient (Wildman–Crippen LogP) is 2.57. The number of nitrogens with zero attached hydrogens (tertiary/aromatic N) is 1. The van der Waals surface area contributed by atoms with E-state index in [0.717, 1.165) is 12.1 Å². The van der Waals surface area contributed by atoms with Crippen molar-refractivity contribution in [2.24, 2.45) is 10.7 Å². The van der Waals surface area contributed by atoms with Crippen molar-refractivity contribution >= 4 is 29.2 Å². The second-order valence-corrected chi connectivity index (χ2v) is 5.94. The van der Waals surface area contributed by atoms with E-state index in [9.17, 15) is 22.4 Å². The van der Waals surface area contributed by atoms with Crippen LogP contribution in [0.4, 0.5) is 17.6 Å². The van der Waals surface area contributed by atoms with Gasteiger partial charge in [0, 0.05) is 24.8 Å². The minimum atomic E-state index is -4.89. The van der Waals surface area contributed by atoms with Gasteiger partial charge in [-0.25, -0.2) is 4.39 Å². The van der Waals surface area contributed by atoms with E-state index in [4.69, 9.17) is 27.5 Å². The molecule has 1 aromatic rings. The van der Waals surface area contributed by atoms with Crippen LogP contribution in [-0.2, 0) is 4.74 Å². The van der Waals surface area contributed by atoms with Gasteiger partial charge in [-0.2, -0.15) is 18.2 Å². The van der Waals surface area contributed by atoms with E-state index in [0.29, 0.717) is 6.08 Å². The highest BCUT2D eigenvalue weighted by Crippen LogP contribution is 2.17. The van der Waals surface area contributed by atoms with Gasteiger partial charge in [-0.3, -0.25) is 10.2 Å². The number of methoxy groups -OCH3 is 1. The van der Waals surface area contributed by atoms with Gasteiger partial charge in [0.25, 0.3) is 5.91 Å². The molecule has 7 nitrogen and oxygen atoms in total. The van der Waals surface area contributed by atoms with E-state index in [1.807, 2.05) is 0 Å². The molecule has 0 heterocycles. The fourth-order valence-electron chi connectivity index (χ4n) is 1.83. The number of nitrogens with two attached hydrogens (primary N) is 1. The molecule has 0 fully saturated rings. The normalized spacial score (nSPS) is 13.8. The van der Waals surface area contributed by atoms with Crippen molar-refractivity contribution in [3.63, 3.8) is 0 Å². The van der Waals surface area contributed by atoms with Gasteiger partial charge in [-0.05, 0) is 25.1 Å². The van der Waals surface area contributed by atoms with Crippen LogP contribution in [0, 0.1) is 11.2 Å². The third-order valence-corrected chi connectivity index (χ3v) is 3.35. The Kier molecular flexibility index (Phi) is 8.38. The summed E-state index contributed by atoms with van der Waals surface area (Å²) in [6, 6.07) is 2.84. The SMILES string of the molecule is COCC(C)N/C(=N/C(=O)c1ccc(Cl)c(F)c1)N/C(N)=C/C(=N)C(F)(F)F. The summed E-state index contributed by atoms with van der Waals surface area (Å²) >= 11 is 5.55. The van der Waals surface area contributed by atoms with E-state index in [2.05, 4.69) is 15.6 Å². The molecule has 0 aliphatic heterocycles. The molecule has 1 rings (SSSR count). The van der Waals surface area contributed by atoms with Gasteiger partial charge < -0.3 is 21.1 Å². The van der Waals surface area contributed by atoms with Gasteiger partial charge >= 0.3 is 6.18 Å². The molecular weight excluding hydrogens is 406 g/mol. The van der Waals surface area contributed by atoms with Gasteiger partial charge in [-0.1, -0.05) is 11.6 Å². The second-order valence-electron chi connectivity index (χ2n) is 5.53. The Bertz CT molecular complexity index is 796. The van der Waals surface area contributed by atoms with Gasteiger partial charge in [0.1, 0.15) is 17.3 Å². The molecule has 12 heteroatoms. The molecule has 0 saturated carbocycles. The van der Waals surface area contributed by atoms with Gasteiger partial charge in [0.15, 0.2) is 0 Å².